The second-order valence-corrected chi connectivity index (χ2v) is 7.07. The van der Waals surface area contributed by atoms with Gasteiger partial charge in [-0.15, -0.1) is 11.3 Å². The Balaban J connectivity index is 1.60. The van der Waals surface area contributed by atoms with Gasteiger partial charge in [0.2, 0.25) is 5.95 Å². The number of rotatable bonds is 7. The summed E-state index contributed by atoms with van der Waals surface area (Å²) >= 11 is 1.74. The fourth-order valence-corrected chi connectivity index (χ4v) is 3.35. The van der Waals surface area contributed by atoms with Gasteiger partial charge in [0.25, 0.3) is 0 Å². The van der Waals surface area contributed by atoms with Gasteiger partial charge in [-0.25, -0.2) is 19.7 Å². The van der Waals surface area contributed by atoms with E-state index in [1.807, 2.05) is 6.92 Å². The Morgan fingerprint density at radius 3 is 2.69 bits per heavy atom. The van der Waals surface area contributed by atoms with Gasteiger partial charge in [0.15, 0.2) is 0 Å². The lowest BCUT2D eigenvalue weighted by molar-refractivity contribution is 0.0697. The lowest BCUT2D eigenvalue weighted by Crippen LogP contribution is -2.07. The highest BCUT2D eigenvalue weighted by Crippen LogP contribution is 2.18. The molecule has 0 saturated heterocycles. The predicted molar refractivity (Wildman–Crippen MR) is 101 cm³/mol. The quantitative estimate of drug-likeness (QED) is 0.616. The molecule has 7 nitrogen and oxygen atoms in total. The standard InChI is InChI=1S/C18H19N5O2S/c1-11-12(2)26-16(22-11)4-3-7-20-18-21-9-6-14(23-18)15-10-13(17(24)25)5-8-19-15/h5-6,8-10H,3-4,7H2,1-2H3,(H,24,25)(H,20,21,23). The van der Waals surface area contributed by atoms with Crippen molar-refractivity contribution in [3.05, 3.63) is 51.7 Å². The summed E-state index contributed by atoms with van der Waals surface area (Å²) < 4.78 is 0. The van der Waals surface area contributed by atoms with Crippen molar-refractivity contribution in [3.8, 4) is 11.4 Å². The summed E-state index contributed by atoms with van der Waals surface area (Å²) in [5.74, 6) is -0.495. The number of nitrogens with zero attached hydrogens (tertiary/aromatic N) is 4. The first-order valence-electron chi connectivity index (χ1n) is 8.22. The zero-order chi connectivity index (χ0) is 18.5. The molecule has 134 valence electrons. The molecule has 0 aliphatic heterocycles. The van der Waals surface area contributed by atoms with E-state index >= 15 is 0 Å². The molecule has 0 aliphatic rings. The molecular formula is C18H19N5O2S. The van der Waals surface area contributed by atoms with Crippen LogP contribution in [0, 0.1) is 13.8 Å². The van der Waals surface area contributed by atoms with E-state index in [0.29, 0.717) is 17.3 Å². The van der Waals surface area contributed by atoms with Crippen LogP contribution in [-0.4, -0.2) is 37.6 Å². The number of hydrogen-bond acceptors (Lipinski definition) is 7. The Morgan fingerprint density at radius 2 is 1.96 bits per heavy atom. The Hall–Kier alpha value is -2.87. The van der Waals surface area contributed by atoms with E-state index in [9.17, 15) is 4.79 Å². The summed E-state index contributed by atoms with van der Waals surface area (Å²) in [4.78, 5) is 29.7. The third kappa shape index (κ3) is 4.40. The molecule has 0 atom stereocenters. The van der Waals surface area contributed by atoms with Crippen LogP contribution in [0.25, 0.3) is 11.4 Å². The number of carboxylic acid groups (broad SMARTS) is 1. The second kappa shape index (κ2) is 8.01. The zero-order valence-electron chi connectivity index (χ0n) is 14.6. The molecule has 3 aromatic rings. The molecule has 3 heterocycles. The average molecular weight is 369 g/mol. The van der Waals surface area contributed by atoms with Crippen LogP contribution >= 0.6 is 11.3 Å². The summed E-state index contributed by atoms with van der Waals surface area (Å²) in [6.07, 6.45) is 4.93. The number of carbonyl (C=O) groups is 1. The molecule has 0 aliphatic carbocycles. The summed E-state index contributed by atoms with van der Waals surface area (Å²) in [6.45, 7) is 4.84. The minimum atomic E-state index is -0.992. The van der Waals surface area contributed by atoms with Gasteiger partial charge < -0.3 is 10.4 Å². The molecule has 0 saturated carbocycles. The maximum absolute atomic E-state index is 11.1. The molecule has 26 heavy (non-hydrogen) atoms. The van der Waals surface area contributed by atoms with Crippen molar-refractivity contribution in [2.45, 2.75) is 26.7 Å². The zero-order valence-corrected chi connectivity index (χ0v) is 15.4. The molecular weight excluding hydrogens is 350 g/mol. The topological polar surface area (TPSA) is 101 Å². The highest BCUT2D eigenvalue weighted by atomic mass is 32.1. The Kier molecular flexibility index (Phi) is 5.52. The second-order valence-electron chi connectivity index (χ2n) is 5.78. The third-order valence-corrected chi connectivity index (χ3v) is 4.98. The van der Waals surface area contributed by atoms with E-state index in [2.05, 4.69) is 32.2 Å². The Labute approximate surface area is 155 Å². The number of aryl methyl sites for hydroxylation is 3. The van der Waals surface area contributed by atoms with E-state index in [-0.39, 0.29) is 5.56 Å². The van der Waals surface area contributed by atoms with Crippen molar-refractivity contribution in [1.29, 1.82) is 0 Å². The number of aromatic nitrogens is 4. The van der Waals surface area contributed by atoms with Gasteiger partial charge in [-0.3, -0.25) is 4.98 Å². The smallest absolute Gasteiger partial charge is 0.335 e. The molecule has 0 fully saturated rings. The maximum Gasteiger partial charge on any atom is 0.335 e. The maximum atomic E-state index is 11.1. The lowest BCUT2D eigenvalue weighted by Gasteiger charge is -2.06. The van der Waals surface area contributed by atoms with Crippen molar-refractivity contribution >= 4 is 23.3 Å². The molecule has 0 aromatic carbocycles. The van der Waals surface area contributed by atoms with Crippen molar-refractivity contribution < 1.29 is 9.90 Å². The predicted octanol–water partition coefficient (Wildman–Crippen LogP) is 3.35. The largest absolute Gasteiger partial charge is 0.478 e. The number of anilines is 1. The van der Waals surface area contributed by atoms with Crippen LogP contribution in [0.4, 0.5) is 5.95 Å². The lowest BCUT2D eigenvalue weighted by atomic mass is 10.2. The average Bonchev–Trinajstić information content (AvgIpc) is 2.97. The minimum absolute atomic E-state index is 0.178. The fraction of sp³-hybridized carbons (Fsp3) is 0.278. The van der Waals surface area contributed by atoms with Gasteiger partial charge in [0.1, 0.15) is 0 Å². The van der Waals surface area contributed by atoms with Crippen molar-refractivity contribution in [3.63, 3.8) is 0 Å². The van der Waals surface area contributed by atoms with Crippen LogP contribution in [0.1, 0.15) is 32.4 Å². The molecule has 0 bridgehead atoms. The van der Waals surface area contributed by atoms with Gasteiger partial charge in [0, 0.05) is 30.2 Å². The van der Waals surface area contributed by atoms with E-state index in [1.165, 1.54) is 23.2 Å². The van der Waals surface area contributed by atoms with E-state index in [4.69, 9.17) is 5.11 Å². The van der Waals surface area contributed by atoms with E-state index in [1.54, 1.807) is 23.6 Å². The number of pyridine rings is 1. The highest BCUT2D eigenvalue weighted by molar-refractivity contribution is 7.11. The first kappa shape index (κ1) is 17.9. The van der Waals surface area contributed by atoms with E-state index < -0.39 is 5.97 Å². The normalized spacial score (nSPS) is 10.7. The Morgan fingerprint density at radius 1 is 1.15 bits per heavy atom. The molecule has 0 radical (unpaired) electrons. The van der Waals surface area contributed by atoms with Crippen molar-refractivity contribution in [1.82, 2.24) is 19.9 Å². The van der Waals surface area contributed by atoms with Crippen LogP contribution < -0.4 is 5.32 Å². The van der Waals surface area contributed by atoms with Gasteiger partial charge in [-0.2, -0.15) is 0 Å². The summed E-state index contributed by atoms with van der Waals surface area (Å²) in [6, 6.07) is 4.66. The first-order valence-corrected chi connectivity index (χ1v) is 9.04. The molecule has 0 amide bonds. The summed E-state index contributed by atoms with van der Waals surface area (Å²) in [5.41, 5.74) is 2.36. The third-order valence-electron chi connectivity index (χ3n) is 3.85. The number of thiazole rings is 1. The van der Waals surface area contributed by atoms with Gasteiger partial charge in [-0.05, 0) is 38.5 Å². The highest BCUT2D eigenvalue weighted by Gasteiger charge is 2.08. The number of hydrogen-bond donors (Lipinski definition) is 2. The van der Waals surface area contributed by atoms with Gasteiger partial charge in [0.05, 0.1) is 27.7 Å². The van der Waals surface area contributed by atoms with Crippen LogP contribution in [-0.2, 0) is 6.42 Å². The fourth-order valence-electron chi connectivity index (χ4n) is 2.38. The monoisotopic (exact) mass is 369 g/mol. The van der Waals surface area contributed by atoms with Crippen LogP contribution in [0.2, 0.25) is 0 Å². The van der Waals surface area contributed by atoms with Crippen LogP contribution in [0.3, 0.4) is 0 Å². The number of aromatic carboxylic acids is 1. The summed E-state index contributed by atoms with van der Waals surface area (Å²) in [7, 11) is 0. The van der Waals surface area contributed by atoms with Crippen molar-refractivity contribution in [2.24, 2.45) is 0 Å². The molecule has 8 heteroatoms. The van der Waals surface area contributed by atoms with Crippen molar-refractivity contribution in [2.75, 3.05) is 11.9 Å². The van der Waals surface area contributed by atoms with Gasteiger partial charge in [-0.1, -0.05) is 0 Å². The number of carboxylic acids is 1. The first-order chi connectivity index (χ1) is 12.5. The van der Waals surface area contributed by atoms with Gasteiger partial charge >= 0.3 is 5.97 Å². The summed E-state index contributed by atoms with van der Waals surface area (Å²) in [5, 5.41) is 13.4. The van der Waals surface area contributed by atoms with Crippen LogP contribution in [0.15, 0.2) is 30.6 Å². The molecule has 2 N–H and O–H groups in total. The minimum Gasteiger partial charge on any atom is -0.478 e. The SMILES string of the molecule is Cc1nc(CCCNc2nccc(-c3cc(C(=O)O)ccn3)n2)sc1C. The molecule has 3 aromatic heterocycles. The molecule has 0 spiro atoms. The number of nitrogens with one attached hydrogen (secondary N) is 1. The van der Waals surface area contributed by atoms with E-state index in [0.717, 1.165) is 30.1 Å². The van der Waals surface area contributed by atoms with Crippen LogP contribution in [0.5, 0.6) is 0 Å². The Bertz CT molecular complexity index is 906. The molecule has 0 unspecified atom stereocenters. The molecule has 3 rings (SSSR count).